The molecule has 2 aliphatic rings. The predicted molar refractivity (Wildman–Crippen MR) is 116 cm³/mol. The van der Waals surface area contributed by atoms with E-state index < -0.39 is 35.6 Å². The fourth-order valence-corrected chi connectivity index (χ4v) is 4.58. The lowest BCUT2D eigenvalue weighted by Crippen LogP contribution is -2.72. The number of carboxylic acids is 1. The highest BCUT2D eigenvalue weighted by molar-refractivity contribution is 8.17. The van der Waals surface area contributed by atoms with Gasteiger partial charge in [0.1, 0.15) is 11.7 Å². The van der Waals surface area contributed by atoms with Gasteiger partial charge in [0.05, 0.1) is 11.1 Å². The maximum absolute atomic E-state index is 12.7. The molecule has 0 spiro atoms. The van der Waals surface area contributed by atoms with E-state index in [1.165, 1.54) is 12.2 Å². The lowest BCUT2D eigenvalue weighted by atomic mass is 9.86. The first kappa shape index (κ1) is 23.4. The van der Waals surface area contributed by atoms with E-state index in [0.29, 0.717) is 11.3 Å². The molecule has 32 heavy (non-hydrogen) atoms. The summed E-state index contributed by atoms with van der Waals surface area (Å²) in [5.74, 6) is -3.10. The number of hydrogen-bond acceptors (Lipinski definition) is 11. The largest absolute Gasteiger partial charge is 0.477 e. The standard InChI is InChI=1S/C16H15ClN8O5S2/c17-7(18)3-4-8(19)31-6-2-1-5-9(14(27)25(5)11(6)15(28)29)21-13(26)10(23-30)12-22-16(20)32-24-12/h3-5,9,18-19,30H,1-2H2,(H,21,26)(H,28,29)(H2,20,22,24)/p+1/b4-3-,18-7?,19-8?,23-10-/t5-,9+/m1/s1. The summed E-state index contributed by atoms with van der Waals surface area (Å²) < 4.78 is 3.79. The molecule has 0 unspecified atom stereocenters. The lowest BCUT2D eigenvalue weighted by molar-refractivity contribution is -0.155. The fourth-order valence-electron chi connectivity index (χ4n) is 3.18. The smallest absolute Gasteiger partial charge is 0.353 e. The van der Waals surface area contributed by atoms with Gasteiger partial charge < -0.3 is 21.4 Å². The molecule has 8 N–H and O–H groups in total. The molecule has 1 aromatic rings. The summed E-state index contributed by atoms with van der Waals surface area (Å²) in [6, 6.07) is -1.65. The Hall–Kier alpha value is -3.30. The van der Waals surface area contributed by atoms with Crippen molar-refractivity contribution in [1.29, 1.82) is 5.41 Å². The van der Waals surface area contributed by atoms with E-state index in [0.717, 1.165) is 28.2 Å². The second-order valence-electron chi connectivity index (χ2n) is 6.43. The molecule has 0 aromatic carbocycles. The number of β-lactam (4-membered cyclic amide) rings is 1. The number of allylic oxidation sites excluding steroid dienone is 2. The highest BCUT2D eigenvalue weighted by Gasteiger charge is 2.54. The van der Waals surface area contributed by atoms with Gasteiger partial charge in [-0.1, -0.05) is 16.9 Å². The Bertz CT molecular complexity index is 1110. The predicted octanol–water partition coefficient (Wildman–Crippen LogP) is -1.25. The van der Waals surface area contributed by atoms with Crippen molar-refractivity contribution in [1.82, 2.24) is 19.6 Å². The number of hydrogen-bond donors (Lipinski definition) is 6. The van der Waals surface area contributed by atoms with Gasteiger partial charge in [-0.3, -0.25) is 19.9 Å². The van der Waals surface area contributed by atoms with E-state index in [-0.39, 0.29) is 33.3 Å². The first-order valence-electron chi connectivity index (χ1n) is 8.78. The van der Waals surface area contributed by atoms with Crippen LogP contribution < -0.4 is 16.5 Å². The minimum absolute atomic E-state index is 0.0162. The number of nitrogen functional groups attached to an aromatic ring is 1. The number of anilines is 1. The van der Waals surface area contributed by atoms with Crippen molar-refractivity contribution in [3.63, 3.8) is 0 Å². The van der Waals surface area contributed by atoms with Gasteiger partial charge in [-0.05, 0) is 30.5 Å². The molecular weight excluding hydrogens is 484 g/mol. The van der Waals surface area contributed by atoms with Gasteiger partial charge in [-0.2, -0.15) is 9.36 Å². The molecule has 13 nitrogen and oxygen atoms in total. The number of aromatic nitrogens is 2. The van der Waals surface area contributed by atoms with Crippen molar-refractivity contribution in [2.24, 2.45) is 5.16 Å². The van der Waals surface area contributed by atoms with Gasteiger partial charge in [0.2, 0.25) is 11.5 Å². The van der Waals surface area contributed by atoms with Gasteiger partial charge in [0.15, 0.2) is 5.13 Å². The summed E-state index contributed by atoms with van der Waals surface area (Å²) in [5.41, 5.74) is 4.68. The average molecular weight is 500 g/mol. The molecule has 0 radical (unpaired) electrons. The van der Waals surface area contributed by atoms with Crippen molar-refractivity contribution in [3.05, 3.63) is 28.6 Å². The molecule has 16 heteroatoms. The normalized spacial score (nSPS) is 20.7. The average Bonchev–Trinajstić information content (AvgIpc) is 3.16. The van der Waals surface area contributed by atoms with E-state index in [9.17, 15) is 19.5 Å². The van der Waals surface area contributed by atoms with Crippen molar-refractivity contribution >= 4 is 73.7 Å². The van der Waals surface area contributed by atoms with Crippen molar-refractivity contribution in [2.45, 2.75) is 24.9 Å². The number of aliphatic carboxylic acids is 1. The molecule has 0 bridgehead atoms. The monoisotopic (exact) mass is 499 g/mol. The van der Waals surface area contributed by atoms with Crippen LogP contribution in [0.25, 0.3) is 0 Å². The quantitative estimate of drug-likeness (QED) is 0.0865. The lowest BCUT2D eigenvalue weighted by Gasteiger charge is -2.50. The van der Waals surface area contributed by atoms with E-state index in [2.05, 4.69) is 19.8 Å². The number of carbonyl (C=O) groups is 3. The molecule has 3 rings (SSSR count). The molecule has 1 aromatic heterocycles. The number of nitrogens with zero attached hydrogens (tertiary/aromatic N) is 4. The molecule has 1 saturated heterocycles. The van der Waals surface area contributed by atoms with Gasteiger partial charge in [-0.15, -0.1) is 0 Å². The molecule has 2 atom stereocenters. The Balaban J connectivity index is 1.76. The number of nitrogens with two attached hydrogens (primary N) is 2. The van der Waals surface area contributed by atoms with Crippen LogP contribution in [0.4, 0.5) is 5.13 Å². The summed E-state index contributed by atoms with van der Waals surface area (Å²) in [7, 11) is 0. The zero-order chi connectivity index (χ0) is 23.6. The third-order valence-electron chi connectivity index (χ3n) is 4.48. The Morgan fingerprint density at radius 1 is 1.47 bits per heavy atom. The van der Waals surface area contributed by atoms with Crippen molar-refractivity contribution in [2.75, 3.05) is 5.73 Å². The van der Waals surface area contributed by atoms with Crippen molar-refractivity contribution < 1.29 is 30.1 Å². The molecule has 3 heterocycles. The van der Waals surface area contributed by atoms with Crippen LogP contribution in [0.5, 0.6) is 0 Å². The van der Waals surface area contributed by atoms with E-state index in [4.69, 9.17) is 33.4 Å². The molecular formula is C16H16ClN8O5S2+. The van der Waals surface area contributed by atoms with E-state index >= 15 is 0 Å². The Morgan fingerprint density at radius 3 is 2.75 bits per heavy atom. The summed E-state index contributed by atoms with van der Waals surface area (Å²) in [6.45, 7) is 0. The third-order valence-corrected chi connectivity index (χ3v) is 6.15. The molecule has 2 aliphatic heterocycles. The van der Waals surface area contributed by atoms with E-state index in [1.807, 2.05) is 0 Å². The summed E-state index contributed by atoms with van der Waals surface area (Å²) in [4.78, 5) is 42.2. The SMILES string of the molecule is N=C(/C=C\C(=[NH2+])Cl)SC1=C(C(=O)O)N2C(=O)[C@@H](NC(=O)/C(=N\O)c3nsc(N)n3)[C@H]2CC1. The number of halogens is 1. The van der Waals surface area contributed by atoms with Gasteiger partial charge >= 0.3 is 5.97 Å². The minimum Gasteiger partial charge on any atom is -0.477 e. The third kappa shape index (κ3) is 4.63. The van der Waals surface area contributed by atoms with E-state index in [1.54, 1.807) is 0 Å². The zero-order valence-corrected chi connectivity index (χ0v) is 18.4. The number of carbonyl (C=O) groups excluding carboxylic acids is 2. The maximum Gasteiger partial charge on any atom is 0.353 e. The number of oxime groups is 1. The molecule has 0 aliphatic carbocycles. The summed E-state index contributed by atoms with van der Waals surface area (Å²) in [6.07, 6.45) is 3.19. The Labute approximate surface area is 193 Å². The summed E-state index contributed by atoms with van der Waals surface area (Å²) >= 11 is 7.18. The molecule has 2 amide bonds. The number of rotatable bonds is 7. The Morgan fingerprint density at radius 2 is 2.19 bits per heavy atom. The van der Waals surface area contributed by atoms with Gasteiger partial charge in [0, 0.05) is 22.5 Å². The molecule has 168 valence electrons. The first-order chi connectivity index (χ1) is 15.1. The van der Waals surface area contributed by atoms with Gasteiger partial charge in [-0.25, -0.2) is 10.2 Å². The topological polar surface area (TPSA) is 221 Å². The van der Waals surface area contributed by atoms with Crippen LogP contribution in [0.15, 0.2) is 27.9 Å². The van der Waals surface area contributed by atoms with Crippen LogP contribution in [0.3, 0.4) is 0 Å². The van der Waals surface area contributed by atoms with Crippen molar-refractivity contribution in [3.8, 4) is 0 Å². The maximum atomic E-state index is 12.7. The van der Waals surface area contributed by atoms with Crippen LogP contribution in [0, 0.1) is 5.41 Å². The first-order valence-corrected chi connectivity index (χ1v) is 10.7. The highest BCUT2D eigenvalue weighted by atomic mass is 35.5. The number of fused-ring (bicyclic) bond motifs is 1. The summed E-state index contributed by atoms with van der Waals surface area (Å²) in [5, 5.41) is 37.3. The zero-order valence-electron chi connectivity index (χ0n) is 16.0. The molecule has 0 saturated carbocycles. The Kier molecular flexibility index (Phi) is 6.90. The number of carboxylic acid groups (broad SMARTS) is 1. The van der Waals surface area contributed by atoms with Crippen LogP contribution in [-0.4, -0.2) is 70.4 Å². The highest BCUT2D eigenvalue weighted by Crippen LogP contribution is 2.41. The number of thioether (sulfide) groups is 1. The number of nitrogens with one attached hydrogen (secondary N) is 2. The second-order valence-corrected chi connectivity index (χ2v) is 8.79. The number of amides is 2. The van der Waals surface area contributed by atoms with Gasteiger partial charge in [0.25, 0.3) is 17.0 Å². The van der Waals surface area contributed by atoms with Crippen LogP contribution >= 0.6 is 34.9 Å². The van der Waals surface area contributed by atoms with Crippen LogP contribution in [-0.2, 0) is 14.4 Å². The fraction of sp³-hybridized carbons (Fsp3) is 0.250. The van der Waals surface area contributed by atoms with Crippen LogP contribution in [0.1, 0.15) is 18.7 Å². The van der Waals surface area contributed by atoms with Crippen LogP contribution in [0.2, 0.25) is 0 Å². The minimum atomic E-state index is -1.34. The molecule has 1 fully saturated rings. The second kappa shape index (κ2) is 9.46.